The van der Waals surface area contributed by atoms with E-state index in [1.165, 1.54) is 0 Å². The van der Waals surface area contributed by atoms with Crippen LogP contribution in [0.3, 0.4) is 0 Å². The van der Waals surface area contributed by atoms with Crippen molar-refractivity contribution in [1.29, 1.82) is 0 Å². The van der Waals surface area contributed by atoms with Crippen LogP contribution in [-0.2, 0) is 26.7 Å². The van der Waals surface area contributed by atoms with E-state index in [9.17, 15) is 9.59 Å². The Balaban J connectivity index is 1.33. The van der Waals surface area contributed by atoms with Crippen molar-refractivity contribution in [3.63, 3.8) is 0 Å². The molecule has 5 heterocycles. The summed E-state index contributed by atoms with van der Waals surface area (Å²) < 4.78 is 9.16. The maximum atomic E-state index is 13.1. The highest BCUT2D eigenvalue weighted by molar-refractivity contribution is 5.93. The number of likely N-dealkylation sites (tertiary alicyclic amines) is 1. The van der Waals surface area contributed by atoms with E-state index in [1.807, 2.05) is 40.6 Å². The number of fused-ring (bicyclic) bond motifs is 4. The van der Waals surface area contributed by atoms with Crippen LogP contribution in [-0.4, -0.2) is 38.0 Å². The molecule has 8 nitrogen and oxygen atoms in total. The van der Waals surface area contributed by atoms with E-state index in [-0.39, 0.29) is 23.6 Å². The van der Waals surface area contributed by atoms with Crippen molar-refractivity contribution in [2.45, 2.75) is 32.0 Å². The summed E-state index contributed by atoms with van der Waals surface area (Å²) in [6.45, 7) is 3.55. The summed E-state index contributed by atoms with van der Waals surface area (Å²) in [5.74, 6) is 2.05. The highest BCUT2D eigenvalue weighted by Crippen LogP contribution is 2.35. The third-order valence-corrected chi connectivity index (χ3v) is 6.21. The average Bonchev–Trinajstić information content (AvgIpc) is 3.38. The van der Waals surface area contributed by atoms with Crippen LogP contribution in [0.5, 0.6) is 0 Å². The summed E-state index contributed by atoms with van der Waals surface area (Å²) in [4.78, 5) is 32.4. The predicted octanol–water partition coefficient (Wildman–Crippen LogP) is 1.72. The third kappa shape index (κ3) is 3.47. The van der Waals surface area contributed by atoms with Gasteiger partial charge in [-0.3, -0.25) is 14.5 Å². The van der Waals surface area contributed by atoms with Crippen molar-refractivity contribution < 1.29 is 9.21 Å². The second-order valence-electron chi connectivity index (χ2n) is 8.30. The number of hydrogen-bond donors (Lipinski definition) is 1. The van der Waals surface area contributed by atoms with E-state index in [0.29, 0.717) is 18.4 Å². The van der Waals surface area contributed by atoms with Crippen molar-refractivity contribution in [3.8, 4) is 0 Å². The topological polar surface area (TPSA) is 85.3 Å². The van der Waals surface area contributed by atoms with Gasteiger partial charge in [-0.25, -0.2) is 4.98 Å². The fourth-order valence-corrected chi connectivity index (χ4v) is 4.79. The Kier molecular flexibility index (Phi) is 4.78. The largest absolute Gasteiger partial charge is 0.468 e. The number of amides is 1. The molecule has 1 N–H and O–H groups in total. The molecule has 1 fully saturated rings. The summed E-state index contributed by atoms with van der Waals surface area (Å²) in [6.07, 6.45) is 6.29. The first-order chi connectivity index (χ1) is 14.6. The van der Waals surface area contributed by atoms with Gasteiger partial charge in [0, 0.05) is 50.7 Å². The first-order valence-corrected chi connectivity index (χ1v) is 10.3. The molecule has 2 aliphatic rings. The van der Waals surface area contributed by atoms with Crippen molar-refractivity contribution in [2.24, 2.45) is 13.0 Å². The zero-order valence-corrected chi connectivity index (χ0v) is 17.0. The second-order valence-corrected chi connectivity index (χ2v) is 8.30. The van der Waals surface area contributed by atoms with E-state index in [1.54, 1.807) is 18.5 Å². The zero-order valence-electron chi connectivity index (χ0n) is 17.0. The number of carbonyl (C=O) groups is 1. The van der Waals surface area contributed by atoms with Crippen molar-refractivity contribution in [2.75, 3.05) is 13.1 Å². The molecule has 3 aromatic heterocycles. The quantitative estimate of drug-likeness (QED) is 0.696. The molecule has 2 aliphatic heterocycles. The minimum absolute atomic E-state index is 0.195. The van der Waals surface area contributed by atoms with Gasteiger partial charge < -0.3 is 18.9 Å². The van der Waals surface area contributed by atoms with E-state index in [0.717, 1.165) is 43.3 Å². The Morgan fingerprint density at radius 2 is 2.17 bits per heavy atom. The van der Waals surface area contributed by atoms with E-state index in [2.05, 4.69) is 15.2 Å². The summed E-state index contributed by atoms with van der Waals surface area (Å²) in [7, 11) is 1.87. The second kappa shape index (κ2) is 7.60. The third-order valence-electron chi connectivity index (χ3n) is 6.21. The molecule has 0 radical (unpaired) electrons. The molecule has 1 saturated heterocycles. The molecule has 2 bridgehead atoms. The van der Waals surface area contributed by atoms with E-state index < -0.39 is 0 Å². The molecule has 0 aliphatic carbocycles. The molecular weight excluding hydrogens is 382 g/mol. The van der Waals surface area contributed by atoms with Crippen LogP contribution < -0.4 is 10.9 Å². The summed E-state index contributed by atoms with van der Waals surface area (Å²) in [6, 6.07) is 7.54. The Bertz CT molecular complexity index is 1110. The standard InChI is InChI=1S/C22H25N5O3/c1-25-7-6-23-20(25)10-24-21(28)18-4-5-19-16-9-15(12-27(19)22(18)29)11-26(13-16)14-17-3-2-8-30-17/h2-8,15-16H,9-14H2,1H3,(H,24,28)/t15-,16+/m0/s1. The van der Waals surface area contributed by atoms with Gasteiger partial charge in [0.05, 0.1) is 19.4 Å². The molecule has 156 valence electrons. The number of aryl methyl sites for hydroxylation is 1. The first kappa shape index (κ1) is 18.9. The predicted molar refractivity (Wildman–Crippen MR) is 110 cm³/mol. The number of pyridine rings is 1. The minimum Gasteiger partial charge on any atom is -0.468 e. The zero-order chi connectivity index (χ0) is 20.7. The lowest BCUT2D eigenvalue weighted by molar-refractivity contribution is 0.0940. The smallest absolute Gasteiger partial charge is 0.263 e. The molecule has 0 spiro atoms. The van der Waals surface area contributed by atoms with Gasteiger partial charge in [-0.05, 0) is 36.6 Å². The van der Waals surface area contributed by atoms with Gasteiger partial charge in [0.15, 0.2) is 0 Å². The number of hydrogen-bond acceptors (Lipinski definition) is 5. The van der Waals surface area contributed by atoms with Gasteiger partial charge in [-0.1, -0.05) is 0 Å². The first-order valence-electron chi connectivity index (χ1n) is 10.3. The van der Waals surface area contributed by atoms with Gasteiger partial charge in [0.25, 0.3) is 11.5 Å². The molecule has 0 unspecified atom stereocenters. The van der Waals surface area contributed by atoms with Gasteiger partial charge in [-0.15, -0.1) is 0 Å². The number of furan rings is 1. The van der Waals surface area contributed by atoms with Gasteiger partial charge in [-0.2, -0.15) is 0 Å². The van der Waals surface area contributed by atoms with Gasteiger partial charge in [0.1, 0.15) is 17.1 Å². The Morgan fingerprint density at radius 3 is 2.93 bits per heavy atom. The molecule has 30 heavy (non-hydrogen) atoms. The maximum absolute atomic E-state index is 13.1. The molecule has 3 aromatic rings. The lowest BCUT2D eigenvalue weighted by Crippen LogP contribution is -2.47. The highest BCUT2D eigenvalue weighted by Gasteiger charge is 2.35. The fourth-order valence-electron chi connectivity index (χ4n) is 4.79. The van der Waals surface area contributed by atoms with Crippen LogP contribution in [0.4, 0.5) is 0 Å². The van der Waals surface area contributed by atoms with Crippen LogP contribution in [0.25, 0.3) is 0 Å². The van der Waals surface area contributed by atoms with E-state index in [4.69, 9.17) is 4.42 Å². The Morgan fingerprint density at radius 1 is 1.27 bits per heavy atom. The van der Waals surface area contributed by atoms with Gasteiger partial charge >= 0.3 is 0 Å². The van der Waals surface area contributed by atoms with Crippen molar-refractivity contribution >= 4 is 5.91 Å². The van der Waals surface area contributed by atoms with Crippen LogP contribution in [0.1, 0.15) is 40.0 Å². The number of aromatic nitrogens is 3. The van der Waals surface area contributed by atoms with Crippen molar-refractivity contribution in [1.82, 2.24) is 24.3 Å². The number of nitrogens with zero attached hydrogens (tertiary/aromatic N) is 4. The molecule has 0 saturated carbocycles. The maximum Gasteiger partial charge on any atom is 0.263 e. The van der Waals surface area contributed by atoms with E-state index >= 15 is 0 Å². The van der Waals surface area contributed by atoms with Crippen molar-refractivity contribution in [3.05, 3.63) is 76.1 Å². The van der Waals surface area contributed by atoms with Crippen LogP contribution in [0.15, 0.2) is 52.1 Å². The Hall–Kier alpha value is -3.13. The molecular formula is C22H25N5O3. The fraction of sp³-hybridized carbons (Fsp3) is 0.409. The number of nitrogens with one attached hydrogen (secondary N) is 1. The van der Waals surface area contributed by atoms with Crippen LogP contribution in [0, 0.1) is 5.92 Å². The molecule has 0 aromatic carbocycles. The molecule has 1 amide bonds. The SMILES string of the molecule is Cn1ccnc1CNC(=O)c1ccc2n(c1=O)C[C@H]1C[C@@H]2CN(Cc2ccco2)C1. The average molecular weight is 407 g/mol. The number of piperidine rings is 1. The van der Waals surface area contributed by atoms with Gasteiger partial charge in [0.2, 0.25) is 0 Å². The number of carbonyl (C=O) groups excluding carboxylic acids is 1. The molecule has 2 atom stereocenters. The minimum atomic E-state index is -0.353. The summed E-state index contributed by atoms with van der Waals surface area (Å²) >= 11 is 0. The molecule has 8 heteroatoms. The summed E-state index contributed by atoms with van der Waals surface area (Å²) in [5, 5.41) is 2.82. The lowest BCUT2D eigenvalue weighted by atomic mass is 9.83. The number of imidazole rings is 1. The Labute approximate surface area is 174 Å². The monoisotopic (exact) mass is 407 g/mol. The highest BCUT2D eigenvalue weighted by atomic mass is 16.3. The summed E-state index contributed by atoms with van der Waals surface area (Å²) in [5.41, 5.74) is 1.03. The normalized spacial score (nSPS) is 20.7. The number of rotatable bonds is 5. The van der Waals surface area contributed by atoms with Crippen LogP contribution >= 0.6 is 0 Å². The molecule has 5 rings (SSSR count). The lowest BCUT2D eigenvalue weighted by Gasteiger charge is -2.42. The van der Waals surface area contributed by atoms with Crippen LogP contribution in [0.2, 0.25) is 0 Å².